The highest BCUT2D eigenvalue weighted by molar-refractivity contribution is 6.34. The average molecular weight is 419 g/mol. The molecule has 2 N–H and O–H groups in total. The summed E-state index contributed by atoms with van der Waals surface area (Å²) < 4.78 is 38.1. The van der Waals surface area contributed by atoms with Crippen LogP contribution in [0.1, 0.15) is 29.8 Å². The third-order valence-corrected chi connectivity index (χ3v) is 4.10. The molecular weight excluding hydrogens is 404 g/mol. The van der Waals surface area contributed by atoms with E-state index in [-0.39, 0.29) is 38.8 Å². The van der Waals surface area contributed by atoms with Crippen LogP contribution in [-0.4, -0.2) is 11.8 Å². The number of alkyl halides is 3. The van der Waals surface area contributed by atoms with E-state index < -0.39 is 17.6 Å². The molecule has 0 aliphatic carbocycles. The molecule has 2 aromatic carbocycles. The van der Waals surface area contributed by atoms with Crippen molar-refractivity contribution in [1.82, 2.24) is 0 Å². The number of hydrogen-bond donors (Lipinski definition) is 2. The first-order valence-electron chi connectivity index (χ1n) is 7.77. The monoisotopic (exact) mass is 418 g/mol. The van der Waals surface area contributed by atoms with Gasteiger partial charge in [0.15, 0.2) is 0 Å². The first kappa shape index (κ1) is 21.1. The van der Waals surface area contributed by atoms with Crippen molar-refractivity contribution in [2.75, 3.05) is 10.6 Å². The summed E-state index contributed by atoms with van der Waals surface area (Å²) in [6.45, 7) is 3.37. The number of rotatable bonds is 4. The zero-order chi connectivity index (χ0) is 20.4. The second kappa shape index (κ2) is 8.19. The highest BCUT2D eigenvalue weighted by Gasteiger charge is 2.31. The lowest BCUT2D eigenvalue weighted by molar-refractivity contribution is -0.137. The van der Waals surface area contributed by atoms with Crippen LogP contribution in [-0.2, 0) is 11.0 Å². The van der Waals surface area contributed by atoms with Crippen LogP contribution < -0.4 is 10.6 Å². The molecule has 0 atom stereocenters. The molecule has 0 saturated heterocycles. The number of carbonyl (C=O) groups excluding carboxylic acids is 2. The van der Waals surface area contributed by atoms with Crippen molar-refractivity contribution in [3.63, 3.8) is 0 Å². The summed E-state index contributed by atoms with van der Waals surface area (Å²) in [6, 6.07) is 6.88. The van der Waals surface area contributed by atoms with Crippen molar-refractivity contribution < 1.29 is 22.8 Å². The highest BCUT2D eigenvalue weighted by Crippen LogP contribution is 2.34. The molecule has 2 aromatic rings. The van der Waals surface area contributed by atoms with Gasteiger partial charge in [-0.1, -0.05) is 37.0 Å². The van der Waals surface area contributed by atoms with Gasteiger partial charge in [-0.05, 0) is 36.4 Å². The number of benzene rings is 2. The summed E-state index contributed by atoms with van der Waals surface area (Å²) in [5.41, 5.74) is -0.667. The molecule has 0 fully saturated rings. The fraction of sp³-hybridized carbons (Fsp3) is 0.222. The van der Waals surface area contributed by atoms with Crippen LogP contribution in [0.25, 0.3) is 0 Å². The first-order chi connectivity index (χ1) is 12.5. The molecule has 144 valence electrons. The second-order valence-electron chi connectivity index (χ2n) is 5.98. The summed E-state index contributed by atoms with van der Waals surface area (Å²) in [7, 11) is 0. The van der Waals surface area contributed by atoms with Crippen LogP contribution in [0.2, 0.25) is 10.0 Å². The van der Waals surface area contributed by atoms with E-state index in [2.05, 4.69) is 10.6 Å². The van der Waals surface area contributed by atoms with Gasteiger partial charge in [0, 0.05) is 10.9 Å². The number of hydrogen-bond acceptors (Lipinski definition) is 2. The van der Waals surface area contributed by atoms with Crippen LogP contribution in [0.5, 0.6) is 0 Å². The Morgan fingerprint density at radius 1 is 0.963 bits per heavy atom. The van der Waals surface area contributed by atoms with Gasteiger partial charge in [-0.25, -0.2) is 0 Å². The number of nitrogens with one attached hydrogen (secondary N) is 2. The molecule has 0 aliphatic heterocycles. The van der Waals surface area contributed by atoms with Gasteiger partial charge in [-0.15, -0.1) is 0 Å². The normalized spacial score (nSPS) is 11.4. The van der Waals surface area contributed by atoms with Gasteiger partial charge < -0.3 is 10.6 Å². The van der Waals surface area contributed by atoms with E-state index in [1.165, 1.54) is 18.2 Å². The van der Waals surface area contributed by atoms with Crippen LogP contribution in [0.3, 0.4) is 0 Å². The van der Waals surface area contributed by atoms with E-state index in [1.807, 2.05) is 0 Å². The lowest BCUT2D eigenvalue weighted by atomic mass is 10.1. The molecule has 0 aromatic heterocycles. The summed E-state index contributed by atoms with van der Waals surface area (Å²) in [4.78, 5) is 24.5. The van der Waals surface area contributed by atoms with E-state index in [4.69, 9.17) is 23.2 Å². The molecule has 0 bridgehead atoms. The van der Waals surface area contributed by atoms with Crippen molar-refractivity contribution >= 4 is 46.4 Å². The smallest absolute Gasteiger partial charge is 0.325 e. The molecule has 0 saturated carbocycles. The Labute approximate surface area is 163 Å². The van der Waals surface area contributed by atoms with Crippen molar-refractivity contribution in [2.45, 2.75) is 20.0 Å². The Hall–Kier alpha value is -2.25. The first-order valence-corrected chi connectivity index (χ1v) is 8.53. The fourth-order valence-corrected chi connectivity index (χ4v) is 2.47. The number of carbonyl (C=O) groups is 2. The van der Waals surface area contributed by atoms with Gasteiger partial charge >= 0.3 is 6.18 Å². The summed E-state index contributed by atoms with van der Waals surface area (Å²) in [5.74, 6) is -1.31. The number of halogens is 5. The van der Waals surface area contributed by atoms with Gasteiger partial charge in [-0.2, -0.15) is 13.2 Å². The fourth-order valence-electron chi connectivity index (χ4n) is 2.07. The number of anilines is 2. The van der Waals surface area contributed by atoms with Crippen molar-refractivity contribution in [1.29, 1.82) is 0 Å². The number of amides is 2. The molecule has 2 rings (SSSR count). The topological polar surface area (TPSA) is 58.2 Å². The minimum atomic E-state index is -4.55. The summed E-state index contributed by atoms with van der Waals surface area (Å²) in [6.07, 6.45) is -4.55. The third-order valence-electron chi connectivity index (χ3n) is 3.55. The van der Waals surface area contributed by atoms with Crippen LogP contribution >= 0.6 is 23.2 Å². The molecular formula is C18H15Cl2F3N2O2. The largest absolute Gasteiger partial charge is 0.416 e. The van der Waals surface area contributed by atoms with Gasteiger partial charge in [0.2, 0.25) is 5.91 Å². The standard InChI is InChI=1S/C18H15Cl2F3N2O2/c1-9(2)16(26)24-14-6-4-11(19)8-12(14)17(27)25-15-5-3-10(7-13(15)20)18(21,22)23/h3-9H,1-2H3,(H,24,26)(H,25,27). The second-order valence-corrected chi connectivity index (χ2v) is 6.82. The van der Waals surface area contributed by atoms with Crippen molar-refractivity contribution in [3.05, 3.63) is 57.6 Å². The molecule has 4 nitrogen and oxygen atoms in total. The molecule has 9 heteroatoms. The Morgan fingerprint density at radius 3 is 2.15 bits per heavy atom. The van der Waals surface area contributed by atoms with Crippen molar-refractivity contribution in [3.8, 4) is 0 Å². The molecule has 0 unspecified atom stereocenters. The predicted molar refractivity (Wildman–Crippen MR) is 99.3 cm³/mol. The van der Waals surface area contributed by atoms with E-state index >= 15 is 0 Å². The Balaban J connectivity index is 2.30. The molecule has 0 spiro atoms. The van der Waals surface area contributed by atoms with E-state index in [0.717, 1.165) is 18.2 Å². The maximum absolute atomic E-state index is 12.7. The zero-order valence-electron chi connectivity index (χ0n) is 14.2. The van der Waals surface area contributed by atoms with E-state index in [1.54, 1.807) is 13.8 Å². The summed E-state index contributed by atoms with van der Waals surface area (Å²) >= 11 is 11.8. The average Bonchev–Trinajstić information content (AvgIpc) is 2.57. The molecule has 2 amide bonds. The zero-order valence-corrected chi connectivity index (χ0v) is 15.8. The lowest BCUT2D eigenvalue weighted by Crippen LogP contribution is -2.21. The van der Waals surface area contributed by atoms with Crippen LogP contribution in [0, 0.1) is 5.92 Å². The molecule has 27 heavy (non-hydrogen) atoms. The Bertz CT molecular complexity index is 883. The van der Waals surface area contributed by atoms with E-state index in [0.29, 0.717) is 0 Å². The lowest BCUT2D eigenvalue weighted by Gasteiger charge is -2.14. The quantitative estimate of drug-likeness (QED) is 0.653. The van der Waals surface area contributed by atoms with Crippen LogP contribution in [0.4, 0.5) is 24.5 Å². The van der Waals surface area contributed by atoms with Gasteiger partial charge in [0.1, 0.15) is 0 Å². The minimum Gasteiger partial charge on any atom is -0.325 e. The van der Waals surface area contributed by atoms with Gasteiger partial charge in [0.05, 0.1) is 27.5 Å². The van der Waals surface area contributed by atoms with Crippen LogP contribution in [0.15, 0.2) is 36.4 Å². The van der Waals surface area contributed by atoms with Gasteiger partial charge in [0.25, 0.3) is 5.91 Å². The predicted octanol–water partition coefficient (Wildman–Crippen LogP) is 5.86. The Kier molecular flexibility index (Phi) is 6.38. The maximum Gasteiger partial charge on any atom is 0.416 e. The minimum absolute atomic E-state index is 0.00391. The third kappa shape index (κ3) is 5.37. The molecule has 0 aliphatic rings. The molecule has 0 radical (unpaired) electrons. The SMILES string of the molecule is CC(C)C(=O)Nc1ccc(Cl)cc1C(=O)Nc1ccc(C(F)(F)F)cc1Cl. The highest BCUT2D eigenvalue weighted by atomic mass is 35.5. The maximum atomic E-state index is 12.7. The molecule has 0 heterocycles. The van der Waals surface area contributed by atoms with Crippen molar-refractivity contribution in [2.24, 2.45) is 5.92 Å². The summed E-state index contributed by atoms with van der Waals surface area (Å²) in [5, 5.41) is 5.02. The Morgan fingerprint density at radius 2 is 1.59 bits per heavy atom. The van der Waals surface area contributed by atoms with Gasteiger partial charge in [-0.3, -0.25) is 9.59 Å². The van der Waals surface area contributed by atoms with E-state index in [9.17, 15) is 22.8 Å².